The Labute approximate surface area is 192 Å². The Kier molecular flexibility index (Phi) is 5.52. The number of ketones is 2. The van der Waals surface area contributed by atoms with Gasteiger partial charge in [-0.25, -0.2) is 0 Å². The fourth-order valence-electron chi connectivity index (χ4n) is 3.92. The third kappa shape index (κ3) is 3.92. The Morgan fingerprint density at radius 1 is 0.424 bits per heavy atom. The average Bonchev–Trinajstić information content (AvgIpc) is 3.30. The van der Waals surface area contributed by atoms with E-state index in [1.807, 2.05) is 97.1 Å². The summed E-state index contributed by atoms with van der Waals surface area (Å²) >= 11 is 0. The highest BCUT2D eigenvalue weighted by Crippen LogP contribution is 2.39. The summed E-state index contributed by atoms with van der Waals surface area (Å²) in [5.74, 6) is 0.282. The second-order valence-electron chi connectivity index (χ2n) is 7.63. The number of carbonyl (C=O) groups is 2. The van der Waals surface area contributed by atoms with Crippen LogP contribution in [0.3, 0.4) is 0 Å². The third-order valence-corrected chi connectivity index (χ3v) is 5.51. The van der Waals surface area contributed by atoms with Gasteiger partial charge in [0.25, 0.3) is 0 Å². The quantitative estimate of drug-likeness (QED) is 0.272. The molecule has 0 aliphatic rings. The molecule has 0 atom stereocenters. The maximum Gasteiger partial charge on any atom is 0.197 e. The van der Waals surface area contributed by atoms with Crippen molar-refractivity contribution >= 4 is 11.6 Å². The van der Waals surface area contributed by atoms with E-state index >= 15 is 0 Å². The fraction of sp³-hybridized carbons (Fsp3) is 0. The lowest BCUT2D eigenvalue weighted by molar-refractivity contribution is 0.100. The fourth-order valence-corrected chi connectivity index (χ4v) is 3.92. The van der Waals surface area contributed by atoms with Gasteiger partial charge >= 0.3 is 0 Å². The van der Waals surface area contributed by atoms with Crippen LogP contribution in [0.4, 0.5) is 0 Å². The first-order chi connectivity index (χ1) is 16.2. The van der Waals surface area contributed by atoms with Crippen molar-refractivity contribution in [1.82, 2.24) is 0 Å². The van der Waals surface area contributed by atoms with Crippen molar-refractivity contribution in [2.75, 3.05) is 0 Å². The molecular formula is C30H20O3. The average molecular weight is 428 g/mol. The molecular weight excluding hydrogens is 408 g/mol. The summed E-state index contributed by atoms with van der Waals surface area (Å²) < 4.78 is 6.36. The van der Waals surface area contributed by atoms with E-state index in [0.717, 1.165) is 11.1 Å². The van der Waals surface area contributed by atoms with E-state index in [1.165, 1.54) is 0 Å². The van der Waals surface area contributed by atoms with E-state index in [9.17, 15) is 9.59 Å². The number of hydrogen-bond donors (Lipinski definition) is 0. The largest absolute Gasteiger partial charge is 0.454 e. The van der Waals surface area contributed by atoms with Gasteiger partial charge in [0, 0.05) is 22.3 Å². The highest BCUT2D eigenvalue weighted by Gasteiger charge is 2.32. The molecule has 0 fully saturated rings. The van der Waals surface area contributed by atoms with Crippen molar-refractivity contribution in [3.05, 3.63) is 144 Å². The lowest BCUT2D eigenvalue weighted by Crippen LogP contribution is -2.11. The first kappa shape index (κ1) is 20.4. The second-order valence-corrected chi connectivity index (χ2v) is 7.63. The van der Waals surface area contributed by atoms with Crippen molar-refractivity contribution in [2.24, 2.45) is 0 Å². The number of carbonyl (C=O) groups excluding carboxylic acids is 2. The minimum atomic E-state index is -0.250. The van der Waals surface area contributed by atoms with Crippen LogP contribution in [-0.4, -0.2) is 11.6 Å². The van der Waals surface area contributed by atoms with E-state index in [4.69, 9.17) is 4.42 Å². The molecule has 0 saturated carbocycles. The zero-order chi connectivity index (χ0) is 22.6. The van der Waals surface area contributed by atoms with Crippen LogP contribution in [0.15, 0.2) is 126 Å². The van der Waals surface area contributed by atoms with Crippen molar-refractivity contribution in [3.8, 4) is 22.6 Å². The summed E-state index contributed by atoms with van der Waals surface area (Å²) in [5.41, 5.74) is 3.02. The van der Waals surface area contributed by atoms with Gasteiger partial charge in [0.2, 0.25) is 0 Å². The number of rotatable bonds is 6. The summed E-state index contributed by atoms with van der Waals surface area (Å²) in [7, 11) is 0. The van der Waals surface area contributed by atoms with Crippen LogP contribution in [0.25, 0.3) is 22.6 Å². The molecule has 0 saturated heterocycles. The van der Waals surface area contributed by atoms with Crippen LogP contribution in [0.5, 0.6) is 0 Å². The van der Waals surface area contributed by atoms with E-state index < -0.39 is 0 Å². The predicted octanol–water partition coefficient (Wildman–Crippen LogP) is 7.08. The molecule has 1 heterocycles. The molecule has 5 aromatic rings. The van der Waals surface area contributed by atoms with E-state index in [-0.39, 0.29) is 22.7 Å². The van der Waals surface area contributed by atoms with Gasteiger partial charge in [0.15, 0.2) is 11.6 Å². The predicted molar refractivity (Wildman–Crippen MR) is 129 cm³/mol. The highest BCUT2D eigenvalue weighted by molar-refractivity contribution is 6.24. The minimum Gasteiger partial charge on any atom is -0.454 e. The van der Waals surface area contributed by atoms with E-state index in [0.29, 0.717) is 22.6 Å². The minimum absolute atomic E-state index is 0.250. The Morgan fingerprint density at radius 2 is 0.727 bits per heavy atom. The molecule has 33 heavy (non-hydrogen) atoms. The molecule has 0 aliphatic heterocycles. The molecule has 3 nitrogen and oxygen atoms in total. The maximum atomic E-state index is 13.8. The van der Waals surface area contributed by atoms with Crippen molar-refractivity contribution in [2.45, 2.75) is 0 Å². The Balaban J connectivity index is 1.83. The van der Waals surface area contributed by atoms with Crippen LogP contribution in [0, 0.1) is 0 Å². The lowest BCUT2D eigenvalue weighted by atomic mass is 9.90. The second kappa shape index (κ2) is 8.93. The van der Waals surface area contributed by atoms with Crippen LogP contribution >= 0.6 is 0 Å². The molecule has 3 heteroatoms. The Morgan fingerprint density at radius 3 is 1.06 bits per heavy atom. The van der Waals surface area contributed by atoms with Gasteiger partial charge in [-0.05, 0) is 0 Å². The van der Waals surface area contributed by atoms with Gasteiger partial charge in [0.1, 0.15) is 11.5 Å². The monoisotopic (exact) mass is 428 g/mol. The van der Waals surface area contributed by atoms with E-state index in [2.05, 4.69) is 0 Å². The molecule has 0 spiro atoms. The summed E-state index contributed by atoms with van der Waals surface area (Å²) in [6, 6.07) is 36.8. The zero-order valence-electron chi connectivity index (χ0n) is 17.8. The first-order valence-electron chi connectivity index (χ1n) is 10.7. The third-order valence-electron chi connectivity index (χ3n) is 5.51. The molecule has 0 amide bonds. The number of furan rings is 1. The first-order valence-corrected chi connectivity index (χ1v) is 10.7. The van der Waals surface area contributed by atoms with Crippen LogP contribution < -0.4 is 0 Å². The molecule has 0 aliphatic carbocycles. The van der Waals surface area contributed by atoms with Gasteiger partial charge in [-0.15, -0.1) is 0 Å². The number of benzene rings is 4. The van der Waals surface area contributed by atoms with Crippen LogP contribution in [-0.2, 0) is 0 Å². The molecule has 0 unspecified atom stereocenters. The van der Waals surface area contributed by atoms with Gasteiger partial charge in [-0.2, -0.15) is 0 Å². The smallest absolute Gasteiger partial charge is 0.197 e. The normalized spacial score (nSPS) is 10.7. The topological polar surface area (TPSA) is 47.3 Å². The molecule has 158 valence electrons. The Bertz CT molecular complexity index is 1290. The molecule has 4 aromatic carbocycles. The maximum absolute atomic E-state index is 13.8. The van der Waals surface area contributed by atoms with Gasteiger partial charge in [-0.1, -0.05) is 121 Å². The molecule has 1 aromatic heterocycles. The van der Waals surface area contributed by atoms with Gasteiger partial charge in [0.05, 0.1) is 11.1 Å². The summed E-state index contributed by atoms with van der Waals surface area (Å²) in [5, 5.41) is 0. The zero-order valence-corrected chi connectivity index (χ0v) is 17.8. The summed E-state index contributed by atoms with van der Waals surface area (Å²) in [6.07, 6.45) is 0. The molecule has 0 N–H and O–H groups in total. The van der Waals surface area contributed by atoms with Gasteiger partial charge in [-0.3, -0.25) is 9.59 Å². The van der Waals surface area contributed by atoms with Crippen LogP contribution in [0.2, 0.25) is 0 Å². The molecule has 5 rings (SSSR count). The SMILES string of the molecule is O=C(c1ccccc1)c1c(-c2ccccc2)oc(-c2ccccc2)c1C(=O)c1ccccc1. The summed E-state index contributed by atoms with van der Waals surface area (Å²) in [6.45, 7) is 0. The van der Waals surface area contributed by atoms with Crippen molar-refractivity contribution in [3.63, 3.8) is 0 Å². The van der Waals surface area contributed by atoms with Crippen molar-refractivity contribution < 1.29 is 14.0 Å². The molecule has 0 radical (unpaired) electrons. The van der Waals surface area contributed by atoms with Gasteiger partial charge < -0.3 is 4.42 Å². The lowest BCUT2D eigenvalue weighted by Gasteiger charge is -2.07. The summed E-state index contributed by atoms with van der Waals surface area (Å²) in [4.78, 5) is 27.7. The van der Waals surface area contributed by atoms with Crippen LogP contribution in [0.1, 0.15) is 31.8 Å². The van der Waals surface area contributed by atoms with E-state index in [1.54, 1.807) is 24.3 Å². The van der Waals surface area contributed by atoms with Crippen molar-refractivity contribution in [1.29, 1.82) is 0 Å². The molecule has 0 bridgehead atoms. The highest BCUT2D eigenvalue weighted by atomic mass is 16.3. The standard InChI is InChI=1S/C30H20O3/c31-27(21-13-5-1-6-14-21)25-26(28(32)22-15-7-2-8-16-22)30(24-19-11-4-12-20-24)33-29(25)23-17-9-3-10-18-23/h1-20H. The Hall–Kier alpha value is -4.50. The number of hydrogen-bond acceptors (Lipinski definition) is 3.